The average molecular weight is 397 g/mol. The van der Waals surface area contributed by atoms with Crippen molar-refractivity contribution in [2.24, 2.45) is 5.10 Å². The second kappa shape index (κ2) is 8.45. The number of hydrazone groups is 1. The molecule has 0 radical (unpaired) electrons. The van der Waals surface area contributed by atoms with Gasteiger partial charge >= 0.3 is 0 Å². The van der Waals surface area contributed by atoms with Gasteiger partial charge in [-0.1, -0.05) is 48.5 Å². The standard InChI is InChI=1S/C24H19N3O3/c1-30-23-12-11-16(13-22(23)28)15-25-27-24(29)19-14-21(17-7-3-2-4-8-17)26-20-10-6-5-9-18(19)20/h2-15,28H,1H3,(H,27,29)/b25-15+. The van der Waals surface area contributed by atoms with Crippen molar-refractivity contribution in [3.63, 3.8) is 0 Å². The molecule has 148 valence electrons. The van der Waals surface area contributed by atoms with Gasteiger partial charge in [-0.25, -0.2) is 10.4 Å². The quantitative estimate of drug-likeness (QED) is 0.387. The molecular formula is C24H19N3O3. The molecule has 0 unspecified atom stereocenters. The van der Waals surface area contributed by atoms with Gasteiger partial charge in [0.25, 0.3) is 5.91 Å². The summed E-state index contributed by atoms with van der Waals surface area (Å²) in [5.41, 5.74) is 6.03. The summed E-state index contributed by atoms with van der Waals surface area (Å²) in [5, 5.41) is 14.6. The number of pyridine rings is 1. The van der Waals surface area contributed by atoms with Gasteiger partial charge in [-0.05, 0) is 35.9 Å². The van der Waals surface area contributed by atoms with Crippen LogP contribution in [0.3, 0.4) is 0 Å². The number of nitrogens with one attached hydrogen (secondary N) is 1. The number of aromatic nitrogens is 1. The molecule has 30 heavy (non-hydrogen) atoms. The number of methoxy groups -OCH3 is 1. The van der Waals surface area contributed by atoms with Crippen LogP contribution in [0, 0.1) is 0 Å². The number of ether oxygens (including phenoxy) is 1. The summed E-state index contributed by atoms with van der Waals surface area (Å²) in [5.74, 6) is 0.0213. The van der Waals surface area contributed by atoms with Crippen molar-refractivity contribution in [1.29, 1.82) is 0 Å². The molecule has 6 nitrogen and oxygen atoms in total. The Bertz CT molecular complexity index is 1240. The predicted octanol–water partition coefficient (Wildman–Crippen LogP) is 4.38. The minimum absolute atomic E-state index is 0.000377. The molecule has 1 heterocycles. The highest BCUT2D eigenvalue weighted by Crippen LogP contribution is 2.26. The van der Waals surface area contributed by atoms with Gasteiger partial charge in [0, 0.05) is 10.9 Å². The Hall–Kier alpha value is -4.19. The van der Waals surface area contributed by atoms with Gasteiger partial charge in [0.2, 0.25) is 0 Å². The maximum atomic E-state index is 12.9. The van der Waals surface area contributed by atoms with Crippen LogP contribution in [0.15, 0.2) is 84.0 Å². The lowest BCUT2D eigenvalue weighted by Crippen LogP contribution is -2.18. The van der Waals surface area contributed by atoms with Gasteiger partial charge in [0.1, 0.15) is 0 Å². The third-order valence-corrected chi connectivity index (χ3v) is 4.61. The van der Waals surface area contributed by atoms with Crippen LogP contribution in [-0.2, 0) is 0 Å². The molecule has 0 saturated heterocycles. The van der Waals surface area contributed by atoms with Gasteiger partial charge in [-0.3, -0.25) is 4.79 Å². The normalized spacial score (nSPS) is 11.0. The number of phenols is 1. The highest BCUT2D eigenvalue weighted by molar-refractivity contribution is 6.07. The second-order valence-electron chi connectivity index (χ2n) is 6.57. The van der Waals surface area contributed by atoms with E-state index in [0.717, 1.165) is 16.5 Å². The Morgan fingerprint density at radius 2 is 1.80 bits per heavy atom. The van der Waals surface area contributed by atoms with Crippen molar-refractivity contribution in [2.45, 2.75) is 0 Å². The fourth-order valence-electron chi connectivity index (χ4n) is 3.13. The van der Waals surface area contributed by atoms with E-state index in [1.54, 1.807) is 18.2 Å². The minimum atomic E-state index is -0.347. The van der Waals surface area contributed by atoms with E-state index in [9.17, 15) is 9.90 Å². The first kappa shape index (κ1) is 19.1. The van der Waals surface area contributed by atoms with E-state index < -0.39 is 0 Å². The summed E-state index contributed by atoms with van der Waals surface area (Å²) in [6.45, 7) is 0. The fourth-order valence-corrected chi connectivity index (χ4v) is 3.13. The van der Waals surface area contributed by atoms with E-state index in [4.69, 9.17) is 4.74 Å². The van der Waals surface area contributed by atoms with Crippen LogP contribution >= 0.6 is 0 Å². The van der Waals surface area contributed by atoms with Crippen molar-refractivity contribution in [3.05, 3.63) is 90.0 Å². The summed E-state index contributed by atoms with van der Waals surface area (Å²) in [7, 11) is 1.48. The van der Waals surface area contributed by atoms with E-state index in [1.165, 1.54) is 19.4 Å². The first-order valence-electron chi connectivity index (χ1n) is 9.31. The maximum absolute atomic E-state index is 12.9. The largest absolute Gasteiger partial charge is 0.504 e. The second-order valence-corrected chi connectivity index (χ2v) is 6.57. The molecule has 1 amide bonds. The van der Waals surface area contributed by atoms with Crippen molar-refractivity contribution in [3.8, 4) is 22.8 Å². The number of hydrogen-bond donors (Lipinski definition) is 2. The number of benzene rings is 3. The molecule has 0 saturated carbocycles. The first-order chi connectivity index (χ1) is 14.7. The number of carbonyl (C=O) groups is 1. The molecule has 0 spiro atoms. The Kier molecular flexibility index (Phi) is 5.39. The lowest BCUT2D eigenvalue weighted by Gasteiger charge is -2.09. The van der Waals surface area contributed by atoms with Crippen LogP contribution in [0.5, 0.6) is 11.5 Å². The number of para-hydroxylation sites is 1. The number of nitrogens with zero attached hydrogens (tertiary/aromatic N) is 2. The van der Waals surface area contributed by atoms with Crippen LogP contribution in [-0.4, -0.2) is 29.3 Å². The lowest BCUT2D eigenvalue weighted by molar-refractivity contribution is 0.0956. The lowest BCUT2D eigenvalue weighted by atomic mass is 10.0. The summed E-state index contributed by atoms with van der Waals surface area (Å²) in [6.07, 6.45) is 1.46. The van der Waals surface area contributed by atoms with Crippen molar-refractivity contribution in [1.82, 2.24) is 10.4 Å². The van der Waals surface area contributed by atoms with Crippen LogP contribution in [0.2, 0.25) is 0 Å². The van der Waals surface area contributed by atoms with Crippen LogP contribution in [0.1, 0.15) is 15.9 Å². The predicted molar refractivity (Wildman–Crippen MR) is 117 cm³/mol. The maximum Gasteiger partial charge on any atom is 0.272 e. The van der Waals surface area contributed by atoms with Gasteiger partial charge < -0.3 is 9.84 Å². The van der Waals surface area contributed by atoms with Crippen molar-refractivity contribution in [2.75, 3.05) is 7.11 Å². The topological polar surface area (TPSA) is 83.8 Å². The number of rotatable bonds is 5. The van der Waals surface area contributed by atoms with E-state index in [-0.39, 0.29) is 11.7 Å². The summed E-state index contributed by atoms with van der Waals surface area (Å²) in [6, 6.07) is 23.8. The smallest absolute Gasteiger partial charge is 0.272 e. The zero-order valence-corrected chi connectivity index (χ0v) is 16.2. The Labute approximate surface area is 173 Å². The van der Waals surface area contributed by atoms with E-state index >= 15 is 0 Å². The van der Waals surface area contributed by atoms with Gasteiger partial charge in [-0.15, -0.1) is 0 Å². The van der Waals surface area contributed by atoms with Crippen LogP contribution in [0.25, 0.3) is 22.2 Å². The third-order valence-electron chi connectivity index (χ3n) is 4.61. The van der Waals surface area contributed by atoms with Crippen LogP contribution < -0.4 is 10.2 Å². The van der Waals surface area contributed by atoms with E-state index in [2.05, 4.69) is 15.5 Å². The van der Waals surface area contributed by atoms with E-state index in [0.29, 0.717) is 22.6 Å². The summed E-state index contributed by atoms with van der Waals surface area (Å²) in [4.78, 5) is 17.6. The Balaban J connectivity index is 1.63. The molecule has 0 bridgehead atoms. The number of fused-ring (bicyclic) bond motifs is 1. The van der Waals surface area contributed by atoms with E-state index in [1.807, 2.05) is 54.6 Å². The SMILES string of the molecule is COc1ccc(/C=N/NC(=O)c2cc(-c3ccccc3)nc3ccccc23)cc1O. The molecule has 6 heteroatoms. The molecule has 0 aliphatic heterocycles. The van der Waals surface area contributed by atoms with Gasteiger partial charge in [0.05, 0.1) is 30.1 Å². The highest BCUT2D eigenvalue weighted by atomic mass is 16.5. The number of carbonyl (C=O) groups excluding carboxylic acids is 1. The zero-order chi connectivity index (χ0) is 20.9. The molecule has 0 aliphatic rings. The highest BCUT2D eigenvalue weighted by Gasteiger charge is 2.13. The van der Waals surface area contributed by atoms with Gasteiger partial charge in [0.15, 0.2) is 11.5 Å². The first-order valence-corrected chi connectivity index (χ1v) is 9.31. The molecule has 4 rings (SSSR count). The summed E-state index contributed by atoms with van der Waals surface area (Å²) < 4.78 is 5.02. The molecule has 3 aromatic carbocycles. The molecule has 4 aromatic rings. The Morgan fingerprint density at radius 1 is 1.03 bits per heavy atom. The number of phenolic OH excluding ortho intramolecular Hbond substituents is 1. The number of hydrogen-bond acceptors (Lipinski definition) is 5. The van der Waals surface area contributed by atoms with Gasteiger partial charge in [-0.2, -0.15) is 5.10 Å². The molecule has 1 aromatic heterocycles. The fraction of sp³-hybridized carbons (Fsp3) is 0.0417. The average Bonchev–Trinajstić information content (AvgIpc) is 2.79. The van der Waals surface area contributed by atoms with Crippen molar-refractivity contribution >= 4 is 23.0 Å². The molecule has 0 aliphatic carbocycles. The molecule has 0 atom stereocenters. The van der Waals surface area contributed by atoms with Crippen LogP contribution in [0.4, 0.5) is 0 Å². The number of amides is 1. The number of aromatic hydroxyl groups is 1. The van der Waals surface area contributed by atoms with Crippen molar-refractivity contribution < 1.29 is 14.6 Å². The molecular weight excluding hydrogens is 378 g/mol. The molecule has 0 fully saturated rings. The zero-order valence-electron chi connectivity index (χ0n) is 16.2. The third kappa shape index (κ3) is 3.98. The Morgan fingerprint density at radius 3 is 2.57 bits per heavy atom. The minimum Gasteiger partial charge on any atom is -0.504 e. The summed E-state index contributed by atoms with van der Waals surface area (Å²) >= 11 is 0. The molecule has 2 N–H and O–H groups in total. The monoisotopic (exact) mass is 397 g/mol.